The third kappa shape index (κ3) is 3.39. The molecule has 2 heterocycles. The van der Waals surface area contributed by atoms with E-state index >= 15 is 0 Å². The molecule has 0 spiro atoms. The monoisotopic (exact) mass is 362 g/mol. The molecule has 0 unspecified atom stereocenters. The van der Waals surface area contributed by atoms with E-state index in [9.17, 15) is 4.79 Å². The zero-order chi connectivity index (χ0) is 18.8. The van der Waals surface area contributed by atoms with E-state index < -0.39 is 0 Å². The molecule has 1 amide bonds. The second kappa shape index (κ2) is 7.17. The molecule has 0 aliphatic carbocycles. The largest absolute Gasteiger partial charge is 0.384 e. The number of hydrogen-bond acceptors (Lipinski definition) is 5. The number of carbonyl (C=O) groups is 1. The molecule has 2 aromatic rings. The summed E-state index contributed by atoms with van der Waals surface area (Å²) in [6.45, 7) is 1.28. The molecule has 2 aromatic carbocycles. The summed E-state index contributed by atoms with van der Waals surface area (Å²) in [5.74, 6) is 0.580. The van der Waals surface area contributed by atoms with Gasteiger partial charge in [0.1, 0.15) is 5.82 Å². The number of ether oxygens (including phenoxy) is 1. The standard InChI is InChI=1S/C21H22N4O2/c1-27-18-12-24(13-18)21(26)16-7-5-6-15(10-16)19-11-23-20(22)14-25(19)17-8-3-2-4-9-17/h2-11,14,18,23H,12-13,22H2,1H3. The van der Waals surface area contributed by atoms with Crippen LogP contribution < -0.4 is 16.0 Å². The molecule has 1 saturated heterocycles. The van der Waals surface area contributed by atoms with Crippen molar-refractivity contribution in [1.29, 1.82) is 0 Å². The Labute approximate surface area is 158 Å². The van der Waals surface area contributed by atoms with Gasteiger partial charge < -0.3 is 25.6 Å². The first-order chi connectivity index (χ1) is 13.2. The van der Waals surface area contributed by atoms with Crippen LogP contribution in [-0.4, -0.2) is 37.1 Å². The number of hydrogen-bond donors (Lipinski definition) is 2. The van der Waals surface area contributed by atoms with Crippen molar-refractivity contribution < 1.29 is 9.53 Å². The van der Waals surface area contributed by atoms with Crippen LogP contribution in [0.2, 0.25) is 0 Å². The fourth-order valence-corrected chi connectivity index (χ4v) is 3.24. The van der Waals surface area contributed by atoms with E-state index in [0.29, 0.717) is 24.5 Å². The van der Waals surface area contributed by atoms with Crippen molar-refractivity contribution in [2.75, 3.05) is 25.1 Å². The Morgan fingerprint density at radius 1 is 1.15 bits per heavy atom. The number of amides is 1. The third-order valence-corrected chi connectivity index (χ3v) is 4.81. The lowest BCUT2D eigenvalue weighted by Crippen LogP contribution is -2.54. The minimum Gasteiger partial charge on any atom is -0.384 e. The Hall–Kier alpha value is -3.25. The normalized spacial score (nSPS) is 16.9. The van der Waals surface area contributed by atoms with Gasteiger partial charge in [0.05, 0.1) is 11.8 Å². The molecule has 0 atom stereocenters. The first-order valence-corrected chi connectivity index (χ1v) is 8.86. The molecular weight excluding hydrogens is 340 g/mol. The SMILES string of the molecule is COC1CN(C(=O)c2cccc(C3=CNC(N)=CN3c3ccccc3)c2)C1. The fourth-order valence-electron chi connectivity index (χ4n) is 3.24. The third-order valence-electron chi connectivity index (χ3n) is 4.81. The van der Waals surface area contributed by atoms with Crippen molar-refractivity contribution in [2.24, 2.45) is 5.73 Å². The molecule has 138 valence electrons. The van der Waals surface area contributed by atoms with Crippen molar-refractivity contribution in [3.8, 4) is 0 Å². The Bertz CT molecular complexity index is 901. The Morgan fingerprint density at radius 2 is 1.93 bits per heavy atom. The van der Waals surface area contributed by atoms with E-state index in [2.05, 4.69) is 5.32 Å². The van der Waals surface area contributed by atoms with Crippen molar-refractivity contribution >= 4 is 17.3 Å². The lowest BCUT2D eigenvalue weighted by molar-refractivity contribution is -0.0191. The van der Waals surface area contributed by atoms with Crippen LogP contribution in [0.25, 0.3) is 5.70 Å². The Balaban J connectivity index is 1.62. The van der Waals surface area contributed by atoms with Crippen LogP contribution in [0.1, 0.15) is 15.9 Å². The van der Waals surface area contributed by atoms with Crippen molar-refractivity contribution in [2.45, 2.75) is 6.10 Å². The van der Waals surface area contributed by atoms with Gasteiger partial charge in [-0.15, -0.1) is 0 Å². The van der Waals surface area contributed by atoms with Crippen LogP contribution in [0.15, 0.2) is 72.8 Å². The first kappa shape index (κ1) is 17.2. The number of benzene rings is 2. The van der Waals surface area contributed by atoms with Crippen LogP contribution in [0.3, 0.4) is 0 Å². The van der Waals surface area contributed by atoms with Gasteiger partial charge in [0.2, 0.25) is 0 Å². The number of para-hydroxylation sites is 1. The van der Waals surface area contributed by atoms with E-state index in [0.717, 1.165) is 16.9 Å². The van der Waals surface area contributed by atoms with E-state index in [4.69, 9.17) is 10.5 Å². The molecule has 27 heavy (non-hydrogen) atoms. The summed E-state index contributed by atoms with van der Waals surface area (Å²) in [7, 11) is 1.67. The first-order valence-electron chi connectivity index (χ1n) is 8.86. The van der Waals surface area contributed by atoms with Gasteiger partial charge in [0.15, 0.2) is 0 Å². The van der Waals surface area contributed by atoms with E-state index in [1.807, 2.05) is 71.9 Å². The molecule has 3 N–H and O–H groups in total. The Kier molecular flexibility index (Phi) is 4.56. The molecule has 0 bridgehead atoms. The zero-order valence-corrected chi connectivity index (χ0v) is 15.1. The van der Waals surface area contributed by atoms with Gasteiger partial charge in [-0.05, 0) is 24.3 Å². The summed E-state index contributed by atoms with van der Waals surface area (Å²) in [4.78, 5) is 16.5. The summed E-state index contributed by atoms with van der Waals surface area (Å²) < 4.78 is 5.26. The second-order valence-corrected chi connectivity index (χ2v) is 6.61. The summed E-state index contributed by atoms with van der Waals surface area (Å²) in [6, 6.07) is 17.6. The van der Waals surface area contributed by atoms with Crippen molar-refractivity contribution in [1.82, 2.24) is 10.2 Å². The average molecular weight is 362 g/mol. The predicted molar refractivity (Wildman–Crippen MR) is 105 cm³/mol. The van der Waals surface area contributed by atoms with Gasteiger partial charge in [-0.3, -0.25) is 4.79 Å². The highest BCUT2D eigenvalue weighted by Crippen LogP contribution is 2.29. The highest BCUT2D eigenvalue weighted by molar-refractivity contribution is 5.96. The lowest BCUT2D eigenvalue weighted by atomic mass is 10.0. The number of likely N-dealkylation sites (tertiary alicyclic amines) is 1. The molecule has 0 saturated carbocycles. The summed E-state index contributed by atoms with van der Waals surface area (Å²) in [6.07, 6.45) is 3.85. The number of nitrogens with one attached hydrogen (secondary N) is 1. The minimum atomic E-state index is 0.0239. The molecule has 4 rings (SSSR count). The van der Waals surface area contributed by atoms with Crippen LogP contribution in [-0.2, 0) is 4.74 Å². The lowest BCUT2D eigenvalue weighted by Gasteiger charge is -2.38. The molecule has 1 fully saturated rings. The molecule has 0 aromatic heterocycles. The van der Waals surface area contributed by atoms with Gasteiger partial charge in [-0.1, -0.05) is 30.3 Å². The fraction of sp³-hybridized carbons (Fsp3) is 0.190. The van der Waals surface area contributed by atoms with Gasteiger partial charge in [-0.2, -0.15) is 0 Å². The highest BCUT2D eigenvalue weighted by Gasteiger charge is 2.31. The summed E-state index contributed by atoms with van der Waals surface area (Å²) in [5.41, 5.74) is 9.48. The van der Waals surface area contributed by atoms with Gasteiger partial charge in [0.25, 0.3) is 5.91 Å². The molecule has 0 radical (unpaired) electrons. The van der Waals surface area contributed by atoms with Gasteiger partial charge >= 0.3 is 0 Å². The number of methoxy groups -OCH3 is 1. The number of anilines is 1. The molecule has 6 heteroatoms. The number of nitrogens with two attached hydrogens (primary N) is 1. The number of rotatable bonds is 4. The Morgan fingerprint density at radius 3 is 2.67 bits per heavy atom. The summed E-state index contributed by atoms with van der Waals surface area (Å²) >= 11 is 0. The van der Waals surface area contributed by atoms with Crippen molar-refractivity contribution in [3.63, 3.8) is 0 Å². The van der Waals surface area contributed by atoms with Gasteiger partial charge in [0, 0.05) is 49.4 Å². The van der Waals surface area contributed by atoms with Crippen LogP contribution in [0.4, 0.5) is 5.69 Å². The molecule has 6 nitrogen and oxygen atoms in total. The zero-order valence-electron chi connectivity index (χ0n) is 15.1. The maximum Gasteiger partial charge on any atom is 0.254 e. The van der Waals surface area contributed by atoms with Gasteiger partial charge in [-0.25, -0.2) is 0 Å². The van der Waals surface area contributed by atoms with Crippen molar-refractivity contribution in [3.05, 3.63) is 83.9 Å². The van der Waals surface area contributed by atoms with E-state index in [-0.39, 0.29) is 12.0 Å². The summed E-state index contributed by atoms with van der Waals surface area (Å²) in [5, 5.41) is 3.06. The van der Waals surface area contributed by atoms with Crippen LogP contribution in [0, 0.1) is 0 Å². The highest BCUT2D eigenvalue weighted by atomic mass is 16.5. The second-order valence-electron chi connectivity index (χ2n) is 6.61. The number of nitrogens with zero attached hydrogens (tertiary/aromatic N) is 2. The maximum absolute atomic E-state index is 12.7. The quantitative estimate of drug-likeness (QED) is 0.874. The number of carbonyl (C=O) groups excluding carboxylic acids is 1. The van der Waals surface area contributed by atoms with E-state index in [1.165, 1.54) is 0 Å². The molecule has 2 aliphatic rings. The molecular formula is C21H22N4O2. The van der Waals surface area contributed by atoms with E-state index in [1.54, 1.807) is 12.0 Å². The minimum absolute atomic E-state index is 0.0239. The van der Waals surface area contributed by atoms with Crippen LogP contribution in [0.5, 0.6) is 0 Å². The average Bonchev–Trinajstić information content (AvgIpc) is 2.68. The topological polar surface area (TPSA) is 70.8 Å². The predicted octanol–water partition coefficient (Wildman–Crippen LogP) is 2.32. The van der Waals surface area contributed by atoms with Crippen LogP contribution >= 0.6 is 0 Å². The smallest absolute Gasteiger partial charge is 0.254 e. The molecule has 2 aliphatic heterocycles. The maximum atomic E-state index is 12.7.